The molecule has 0 spiro atoms. The van der Waals surface area contributed by atoms with E-state index in [1.807, 2.05) is 20.9 Å². The van der Waals surface area contributed by atoms with Crippen LogP contribution >= 0.6 is 11.3 Å². The van der Waals surface area contributed by atoms with E-state index in [4.69, 9.17) is 0 Å². The van der Waals surface area contributed by atoms with E-state index in [-0.39, 0.29) is 17.5 Å². The van der Waals surface area contributed by atoms with Crippen molar-refractivity contribution in [1.82, 2.24) is 15.2 Å². The highest BCUT2D eigenvalue weighted by Crippen LogP contribution is 2.55. The Balaban J connectivity index is 1.38. The number of likely N-dealkylation sites (N-methyl/N-ethyl adjacent to an activating group) is 1. The van der Waals surface area contributed by atoms with Crippen LogP contribution in [-0.4, -0.2) is 34.4 Å². The maximum Gasteiger partial charge on any atom is 0.237 e. The fourth-order valence-electron chi connectivity index (χ4n) is 5.70. The van der Waals surface area contributed by atoms with Gasteiger partial charge in [0.15, 0.2) is 0 Å². The van der Waals surface area contributed by atoms with Crippen LogP contribution in [0.25, 0.3) is 0 Å². The maximum absolute atomic E-state index is 12.9. The van der Waals surface area contributed by atoms with Crippen molar-refractivity contribution < 1.29 is 4.79 Å². The standard InChI is InChI=1S/C19H29N3OS/c1-12(22(3)10-17-11-24-13(2)20-17)18(23)21-19-7-14-4-15(8-19)6-16(5-14)9-19/h11-12,14-16H,4-10H2,1-3H3,(H,21,23)/t12-,14?,15?,16?,19?/m1/s1. The second-order valence-electron chi connectivity index (χ2n) is 8.64. The van der Waals surface area contributed by atoms with Crippen molar-refractivity contribution in [2.75, 3.05) is 7.05 Å². The number of rotatable bonds is 5. The number of carbonyl (C=O) groups is 1. The van der Waals surface area contributed by atoms with Gasteiger partial charge in [0.05, 0.1) is 16.7 Å². The third-order valence-electron chi connectivity index (χ3n) is 6.55. The molecule has 1 atom stereocenters. The summed E-state index contributed by atoms with van der Waals surface area (Å²) in [4.78, 5) is 19.5. The SMILES string of the molecule is Cc1nc(CN(C)[C@H](C)C(=O)NC23CC4CC(CC(C4)C2)C3)cs1. The zero-order valence-corrected chi connectivity index (χ0v) is 15.9. The lowest BCUT2D eigenvalue weighted by molar-refractivity contribution is -0.131. The van der Waals surface area contributed by atoms with Crippen molar-refractivity contribution in [2.24, 2.45) is 17.8 Å². The van der Waals surface area contributed by atoms with Gasteiger partial charge in [-0.3, -0.25) is 9.69 Å². The number of thiazole rings is 1. The van der Waals surface area contributed by atoms with Crippen molar-refractivity contribution in [1.29, 1.82) is 0 Å². The second-order valence-corrected chi connectivity index (χ2v) is 9.70. The Bertz CT molecular complexity index is 591. The molecule has 1 aromatic rings. The van der Waals surface area contributed by atoms with Crippen molar-refractivity contribution in [3.8, 4) is 0 Å². The van der Waals surface area contributed by atoms with Gasteiger partial charge in [0, 0.05) is 17.5 Å². The molecule has 5 rings (SSSR count). The van der Waals surface area contributed by atoms with Crippen molar-refractivity contribution in [3.05, 3.63) is 16.1 Å². The Morgan fingerprint density at radius 2 is 1.92 bits per heavy atom. The van der Waals surface area contributed by atoms with Gasteiger partial charge in [-0.05, 0) is 77.2 Å². The fraction of sp³-hybridized carbons (Fsp3) is 0.789. The van der Waals surface area contributed by atoms with Gasteiger partial charge in [0.2, 0.25) is 5.91 Å². The van der Waals surface area contributed by atoms with Crippen LogP contribution in [0.2, 0.25) is 0 Å². The highest BCUT2D eigenvalue weighted by molar-refractivity contribution is 7.09. The number of hydrogen-bond acceptors (Lipinski definition) is 4. The van der Waals surface area contributed by atoms with Gasteiger partial charge < -0.3 is 5.32 Å². The Hall–Kier alpha value is -0.940. The third kappa shape index (κ3) is 3.13. The summed E-state index contributed by atoms with van der Waals surface area (Å²) in [6, 6.07) is -0.111. The molecule has 132 valence electrons. The van der Waals surface area contributed by atoms with Gasteiger partial charge in [-0.2, -0.15) is 0 Å². The summed E-state index contributed by atoms with van der Waals surface area (Å²) < 4.78 is 0. The number of hydrogen-bond donors (Lipinski definition) is 1. The molecule has 4 aliphatic rings. The van der Waals surface area contributed by atoms with Gasteiger partial charge in [-0.1, -0.05) is 0 Å². The van der Waals surface area contributed by atoms with Crippen molar-refractivity contribution >= 4 is 17.2 Å². The molecule has 1 N–H and O–H groups in total. The number of nitrogens with zero attached hydrogens (tertiary/aromatic N) is 2. The first-order valence-electron chi connectivity index (χ1n) is 9.36. The van der Waals surface area contributed by atoms with E-state index >= 15 is 0 Å². The average molecular weight is 348 g/mol. The molecule has 1 aromatic heterocycles. The lowest BCUT2D eigenvalue weighted by Gasteiger charge is -2.57. The lowest BCUT2D eigenvalue weighted by Crippen LogP contribution is -2.62. The Morgan fingerprint density at radius 1 is 1.33 bits per heavy atom. The van der Waals surface area contributed by atoms with Crippen LogP contribution in [-0.2, 0) is 11.3 Å². The van der Waals surface area contributed by atoms with Gasteiger partial charge in [-0.15, -0.1) is 11.3 Å². The molecule has 0 unspecified atom stereocenters. The minimum atomic E-state index is -0.111. The van der Waals surface area contributed by atoms with Crippen LogP contribution in [0, 0.1) is 24.7 Å². The molecular weight excluding hydrogens is 318 g/mol. The van der Waals surface area contributed by atoms with Crippen LogP contribution in [0.1, 0.15) is 56.2 Å². The Morgan fingerprint density at radius 3 is 2.42 bits per heavy atom. The topological polar surface area (TPSA) is 45.2 Å². The smallest absolute Gasteiger partial charge is 0.237 e. The quantitative estimate of drug-likeness (QED) is 0.888. The number of aryl methyl sites for hydroxylation is 1. The van der Waals surface area contributed by atoms with E-state index < -0.39 is 0 Å². The minimum absolute atomic E-state index is 0.109. The number of carbonyl (C=O) groups excluding carboxylic acids is 1. The summed E-state index contributed by atoms with van der Waals surface area (Å²) >= 11 is 1.67. The molecule has 4 fully saturated rings. The van der Waals surface area contributed by atoms with Crippen molar-refractivity contribution in [2.45, 2.75) is 70.5 Å². The van der Waals surface area contributed by atoms with Gasteiger partial charge in [0.1, 0.15) is 0 Å². The number of nitrogens with one attached hydrogen (secondary N) is 1. The molecule has 1 heterocycles. The molecule has 4 aliphatic carbocycles. The molecule has 0 aromatic carbocycles. The highest BCUT2D eigenvalue weighted by atomic mass is 32.1. The Labute approximate surface area is 149 Å². The average Bonchev–Trinajstić information content (AvgIpc) is 2.89. The highest BCUT2D eigenvalue weighted by Gasteiger charge is 2.51. The van der Waals surface area contributed by atoms with Crippen LogP contribution in [0.3, 0.4) is 0 Å². The lowest BCUT2D eigenvalue weighted by atomic mass is 9.53. The van der Waals surface area contributed by atoms with E-state index in [2.05, 4.69) is 20.6 Å². The molecule has 0 radical (unpaired) electrons. The predicted molar refractivity (Wildman–Crippen MR) is 96.8 cm³/mol. The molecule has 4 bridgehead atoms. The molecule has 0 saturated heterocycles. The first-order valence-corrected chi connectivity index (χ1v) is 10.2. The van der Waals surface area contributed by atoms with E-state index in [0.29, 0.717) is 0 Å². The van der Waals surface area contributed by atoms with Crippen LogP contribution in [0.4, 0.5) is 0 Å². The molecule has 1 amide bonds. The van der Waals surface area contributed by atoms with Gasteiger partial charge >= 0.3 is 0 Å². The normalized spacial score (nSPS) is 35.4. The fourth-order valence-corrected chi connectivity index (χ4v) is 6.31. The summed E-state index contributed by atoms with van der Waals surface area (Å²) in [5.74, 6) is 2.79. The molecule has 0 aliphatic heterocycles. The molecule has 4 saturated carbocycles. The summed E-state index contributed by atoms with van der Waals surface area (Å²) in [5.41, 5.74) is 1.17. The molecule has 24 heavy (non-hydrogen) atoms. The van der Waals surface area contributed by atoms with Gasteiger partial charge in [0.25, 0.3) is 0 Å². The summed E-state index contributed by atoms with van der Waals surface area (Å²) in [7, 11) is 2.03. The number of aromatic nitrogens is 1. The monoisotopic (exact) mass is 347 g/mol. The zero-order valence-electron chi connectivity index (χ0n) is 15.0. The minimum Gasteiger partial charge on any atom is -0.349 e. The first-order chi connectivity index (χ1) is 11.4. The number of amides is 1. The van der Waals surface area contributed by atoms with E-state index in [1.54, 1.807) is 11.3 Å². The van der Waals surface area contributed by atoms with Crippen LogP contribution < -0.4 is 5.32 Å². The van der Waals surface area contributed by atoms with Crippen molar-refractivity contribution in [3.63, 3.8) is 0 Å². The molecule has 5 heteroatoms. The van der Waals surface area contributed by atoms with E-state index in [9.17, 15) is 4.79 Å². The largest absolute Gasteiger partial charge is 0.349 e. The zero-order chi connectivity index (χ0) is 16.9. The van der Waals surface area contributed by atoms with E-state index in [1.165, 1.54) is 38.5 Å². The summed E-state index contributed by atoms with van der Waals surface area (Å²) in [5, 5.41) is 6.68. The third-order valence-corrected chi connectivity index (χ3v) is 7.37. The molecular formula is C19H29N3OS. The second kappa shape index (κ2) is 6.10. The first kappa shape index (κ1) is 16.5. The predicted octanol–water partition coefficient (Wildman–Crippen LogP) is 3.36. The van der Waals surface area contributed by atoms with Crippen LogP contribution in [0.15, 0.2) is 5.38 Å². The van der Waals surface area contributed by atoms with Gasteiger partial charge in [-0.25, -0.2) is 4.98 Å². The van der Waals surface area contributed by atoms with E-state index in [0.717, 1.165) is 35.0 Å². The summed E-state index contributed by atoms with van der Waals surface area (Å²) in [6.45, 7) is 4.78. The molecule has 4 nitrogen and oxygen atoms in total. The summed E-state index contributed by atoms with van der Waals surface area (Å²) in [6.07, 6.45) is 7.88. The Kier molecular flexibility index (Phi) is 4.20. The van der Waals surface area contributed by atoms with Crippen LogP contribution in [0.5, 0.6) is 0 Å². The maximum atomic E-state index is 12.9.